The summed E-state index contributed by atoms with van der Waals surface area (Å²) in [5, 5.41) is 1.51. The molecule has 0 aliphatic heterocycles. The summed E-state index contributed by atoms with van der Waals surface area (Å²) in [7, 11) is 0.932. The molecule has 1 heteroatoms. The highest BCUT2D eigenvalue weighted by atomic mass is 31.1. The number of rotatable bonds is 5. The van der Waals surface area contributed by atoms with Crippen molar-refractivity contribution in [1.29, 1.82) is 0 Å². The summed E-state index contributed by atoms with van der Waals surface area (Å²) < 4.78 is 0. The molecule has 0 saturated heterocycles. The first-order chi connectivity index (χ1) is 8.83. The molecular formula is C17H21P. The lowest BCUT2D eigenvalue weighted by molar-refractivity contribution is 0.895. The second-order valence-corrected chi connectivity index (χ2v) is 6.03. The number of benzene rings is 2. The van der Waals surface area contributed by atoms with Crippen LogP contribution in [0.5, 0.6) is 0 Å². The monoisotopic (exact) mass is 256 g/mol. The molecule has 0 N–H and O–H groups in total. The lowest BCUT2D eigenvalue weighted by Crippen LogP contribution is -2.01. The van der Waals surface area contributed by atoms with Crippen LogP contribution in [-0.2, 0) is 0 Å². The summed E-state index contributed by atoms with van der Waals surface area (Å²) in [6.07, 6.45) is 3.94. The molecular weight excluding hydrogens is 235 g/mol. The average molecular weight is 256 g/mol. The van der Waals surface area contributed by atoms with E-state index < -0.39 is 0 Å². The van der Waals surface area contributed by atoms with Crippen LogP contribution in [0.3, 0.4) is 0 Å². The molecule has 0 aliphatic rings. The quantitative estimate of drug-likeness (QED) is 0.534. The van der Waals surface area contributed by atoms with Crippen molar-refractivity contribution in [3.63, 3.8) is 0 Å². The maximum absolute atomic E-state index is 2.29. The summed E-state index contributed by atoms with van der Waals surface area (Å²) in [5.41, 5.74) is 4.17. The van der Waals surface area contributed by atoms with Gasteiger partial charge in [0.15, 0.2) is 0 Å². The van der Waals surface area contributed by atoms with Crippen molar-refractivity contribution in [3.05, 3.63) is 54.1 Å². The molecule has 0 spiro atoms. The van der Waals surface area contributed by atoms with E-state index in [1.54, 1.807) is 0 Å². The molecule has 94 valence electrons. The van der Waals surface area contributed by atoms with E-state index in [1.165, 1.54) is 41.0 Å². The Kier molecular flexibility index (Phi) is 4.96. The predicted octanol–water partition coefficient (Wildman–Crippen LogP) is 4.77. The van der Waals surface area contributed by atoms with Gasteiger partial charge in [0.05, 0.1) is 0 Å². The Balaban J connectivity index is 2.30. The van der Waals surface area contributed by atoms with E-state index in [0.717, 1.165) is 8.58 Å². The van der Waals surface area contributed by atoms with Gasteiger partial charge in [0.2, 0.25) is 0 Å². The molecule has 2 aromatic carbocycles. The highest BCUT2D eigenvalue weighted by Gasteiger charge is 2.06. The molecule has 0 fully saturated rings. The van der Waals surface area contributed by atoms with Gasteiger partial charge in [0.1, 0.15) is 0 Å². The maximum Gasteiger partial charge on any atom is -0.0107 e. The Morgan fingerprint density at radius 2 is 1.56 bits per heavy atom. The lowest BCUT2D eigenvalue weighted by atomic mass is 10.0. The maximum atomic E-state index is 2.29. The fraction of sp³-hybridized carbons (Fsp3) is 0.294. The van der Waals surface area contributed by atoms with Crippen LogP contribution in [0, 0.1) is 6.92 Å². The van der Waals surface area contributed by atoms with Crippen molar-refractivity contribution >= 4 is 13.9 Å². The van der Waals surface area contributed by atoms with E-state index in [9.17, 15) is 0 Å². The van der Waals surface area contributed by atoms with E-state index in [4.69, 9.17) is 0 Å². The normalized spacial score (nSPS) is 11.2. The highest BCUT2D eigenvalue weighted by molar-refractivity contribution is 7.47. The van der Waals surface area contributed by atoms with Crippen molar-refractivity contribution < 1.29 is 0 Å². The molecule has 0 bridgehead atoms. The van der Waals surface area contributed by atoms with Crippen LogP contribution in [0.2, 0.25) is 0 Å². The third-order valence-corrected chi connectivity index (χ3v) is 4.63. The number of aryl methyl sites for hydroxylation is 1. The summed E-state index contributed by atoms with van der Waals surface area (Å²) >= 11 is 0. The van der Waals surface area contributed by atoms with Crippen LogP contribution in [0.4, 0.5) is 0 Å². The molecule has 2 aromatic rings. The number of unbranched alkanes of at least 4 members (excludes halogenated alkanes) is 1. The van der Waals surface area contributed by atoms with Crippen LogP contribution in [0.25, 0.3) is 11.1 Å². The molecule has 0 saturated carbocycles. The van der Waals surface area contributed by atoms with E-state index in [1.807, 2.05) is 0 Å². The van der Waals surface area contributed by atoms with Gasteiger partial charge in [-0.15, -0.1) is 0 Å². The van der Waals surface area contributed by atoms with E-state index in [-0.39, 0.29) is 0 Å². The zero-order valence-electron chi connectivity index (χ0n) is 11.2. The lowest BCUT2D eigenvalue weighted by Gasteiger charge is -2.11. The molecule has 0 aliphatic carbocycles. The van der Waals surface area contributed by atoms with Crippen molar-refractivity contribution in [2.24, 2.45) is 0 Å². The van der Waals surface area contributed by atoms with Crippen molar-refractivity contribution in [2.45, 2.75) is 26.7 Å². The molecule has 0 amide bonds. The van der Waals surface area contributed by atoms with Gasteiger partial charge in [-0.2, -0.15) is 0 Å². The van der Waals surface area contributed by atoms with Crippen LogP contribution < -0.4 is 5.30 Å². The van der Waals surface area contributed by atoms with Crippen molar-refractivity contribution in [2.75, 3.05) is 6.16 Å². The van der Waals surface area contributed by atoms with E-state index in [2.05, 4.69) is 62.4 Å². The van der Waals surface area contributed by atoms with Gasteiger partial charge in [0.25, 0.3) is 0 Å². The molecule has 0 aromatic heterocycles. The smallest absolute Gasteiger partial charge is 0.0107 e. The molecule has 2 rings (SSSR count). The van der Waals surface area contributed by atoms with Gasteiger partial charge >= 0.3 is 0 Å². The van der Waals surface area contributed by atoms with Crippen molar-refractivity contribution in [3.8, 4) is 11.1 Å². The molecule has 1 atom stereocenters. The first-order valence-electron chi connectivity index (χ1n) is 6.72. The first kappa shape index (κ1) is 13.3. The van der Waals surface area contributed by atoms with Crippen LogP contribution >= 0.6 is 8.58 Å². The Morgan fingerprint density at radius 3 is 2.28 bits per heavy atom. The standard InChI is InChI=1S/C17H21P/c1-3-4-13-18-17-12-8-7-11-16(17)15-10-6-5-9-14(15)2/h5-12,18H,3-4,13H2,1-2H3. The highest BCUT2D eigenvalue weighted by Crippen LogP contribution is 2.26. The van der Waals surface area contributed by atoms with E-state index in [0.29, 0.717) is 0 Å². The minimum atomic E-state index is 0.932. The molecule has 0 heterocycles. The third-order valence-electron chi connectivity index (χ3n) is 3.21. The topological polar surface area (TPSA) is 0 Å². The summed E-state index contributed by atoms with van der Waals surface area (Å²) in [6.45, 7) is 4.46. The summed E-state index contributed by atoms with van der Waals surface area (Å²) in [4.78, 5) is 0. The second kappa shape index (κ2) is 6.71. The molecule has 18 heavy (non-hydrogen) atoms. The number of hydrogen-bond donors (Lipinski definition) is 0. The summed E-state index contributed by atoms with van der Waals surface area (Å²) in [6, 6.07) is 17.5. The largest absolute Gasteiger partial charge is 0.0897 e. The average Bonchev–Trinajstić information content (AvgIpc) is 2.40. The van der Waals surface area contributed by atoms with Crippen LogP contribution in [0.1, 0.15) is 25.3 Å². The van der Waals surface area contributed by atoms with Gasteiger partial charge in [-0.05, 0) is 41.5 Å². The van der Waals surface area contributed by atoms with Crippen molar-refractivity contribution in [1.82, 2.24) is 0 Å². The van der Waals surface area contributed by atoms with Gasteiger partial charge < -0.3 is 0 Å². The first-order valence-corrected chi connectivity index (χ1v) is 7.92. The molecule has 1 unspecified atom stereocenters. The van der Waals surface area contributed by atoms with Gasteiger partial charge in [0, 0.05) is 0 Å². The Labute approximate surface area is 112 Å². The zero-order chi connectivity index (χ0) is 12.8. The van der Waals surface area contributed by atoms with Gasteiger partial charge in [-0.1, -0.05) is 70.5 Å². The molecule has 0 radical (unpaired) electrons. The third kappa shape index (κ3) is 3.21. The second-order valence-electron chi connectivity index (χ2n) is 4.64. The van der Waals surface area contributed by atoms with Crippen LogP contribution in [-0.4, -0.2) is 6.16 Å². The minimum absolute atomic E-state index is 0.932. The fourth-order valence-corrected chi connectivity index (χ4v) is 3.57. The summed E-state index contributed by atoms with van der Waals surface area (Å²) in [5.74, 6) is 0. The predicted molar refractivity (Wildman–Crippen MR) is 84.3 cm³/mol. The SMILES string of the molecule is CCCCPc1ccccc1-c1ccccc1C. The van der Waals surface area contributed by atoms with E-state index >= 15 is 0 Å². The van der Waals surface area contributed by atoms with Crippen LogP contribution in [0.15, 0.2) is 48.5 Å². The zero-order valence-corrected chi connectivity index (χ0v) is 12.2. The molecule has 0 nitrogen and oxygen atoms in total. The Morgan fingerprint density at radius 1 is 0.889 bits per heavy atom. The van der Waals surface area contributed by atoms with Gasteiger partial charge in [-0.25, -0.2) is 0 Å². The fourth-order valence-electron chi connectivity index (χ4n) is 2.15. The minimum Gasteiger partial charge on any atom is -0.0897 e. The Hall–Kier alpha value is -1.13. The van der Waals surface area contributed by atoms with Gasteiger partial charge in [-0.3, -0.25) is 0 Å². The Bertz CT molecular complexity index is 502. The number of hydrogen-bond acceptors (Lipinski definition) is 0.